The monoisotopic (exact) mass is 461 g/mol. The summed E-state index contributed by atoms with van der Waals surface area (Å²) >= 11 is 0. The van der Waals surface area contributed by atoms with Crippen LogP contribution in [-0.2, 0) is 6.54 Å². The number of hydrogen-bond donors (Lipinski definition) is 3. The average Bonchev–Trinajstić information content (AvgIpc) is 3.14. The van der Waals surface area contributed by atoms with Crippen LogP contribution in [0, 0.1) is 5.82 Å². The van der Waals surface area contributed by atoms with Crippen LogP contribution in [0.15, 0.2) is 42.5 Å². The standard InChI is InChI=1S/C22H22F3N5O3/c1-11(19(24)25)30-20(26)17(21(27)31)18(29-30)13-5-3-12(4-6-13)10-28-22(32)15-9-14(23)7-8-16(15)33-2/h3-9,11,19H,10,26H2,1-2H3,(H2,27,31)(H,28,32). The zero-order valence-corrected chi connectivity index (χ0v) is 17.8. The molecule has 0 spiro atoms. The van der Waals surface area contributed by atoms with E-state index in [9.17, 15) is 22.8 Å². The maximum absolute atomic E-state index is 13.5. The molecule has 0 aliphatic carbocycles. The van der Waals surface area contributed by atoms with Crippen LogP contribution in [0.1, 0.15) is 39.2 Å². The lowest BCUT2D eigenvalue weighted by Crippen LogP contribution is -2.23. The lowest BCUT2D eigenvalue weighted by Gasteiger charge is -2.12. The number of primary amides is 1. The molecule has 174 valence electrons. The smallest absolute Gasteiger partial charge is 0.260 e. The number of carbonyl (C=O) groups excluding carboxylic acids is 2. The van der Waals surface area contributed by atoms with E-state index in [1.165, 1.54) is 26.2 Å². The summed E-state index contributed by atoms with van der Waals surface area (Å²) in [5.74, 6) is -2.01. The number of nitrogen functional groups attached to an aromatic ring is 1. The van der Waals surface area contributed by atoms with Crippen LogP contribution in [0.5, 0.6) is 5.75 Å². The van der Waals surface area contributed by atoms with Crippen molar-refractivity contribution in [2.45, 2.75) is 25.9 Å². The number of nitrogens with one attached hydrogen (secondary N) is 1. The van der Waals surface area contributed by atoms with Gasteiger partial charge in [-0.1, -0.05) is 24.3 Å². The van der Waals surface area contributed by atoms with Crippen molar-refractivity contribution in [3.63, 3.8) is 0 Å². The Bertz CT molecular complexity index is 1180. The number of benzene rings is 2. The van der Waals surface area contributed by atoms with Crippen molar-refractivity contribution in [1.29, 1.82) is 0 Å². The van der Waals surface area contributed by atoms with E-state index in [0.29, 0.717) is 11.1 Å². The first-order valence-electron chi connectivity index (χ1n) is 9.81. The number of ether oxygens (including phenoxy) is 1. The third-order valence-corrected chi connectivity index (χ3v) is 5.03. The number of nitrogens with two attached hydrogens (primary N) is 2. The number of anilines is 1. The number of aromatic nitrogens is 2. The van der Waals surface area contributed by atoms with Crippen LogP contribution < -0.4 is 21.5 Å². The lowest BCUT2D eigenvalue weighted by molar-refractivity contribution is 0.0864. The molecule has 0 saturated carbocycles. The van der Waals surface area contributed by atoms with Crippen LogP contribution in [0.4, 0.5) is 19.0 Å². The van der Waals surface area contributed by atoms with E-state index < -0.39 is 30.1 Å². The van der Waals surface area contributed by atoms with Crippen molar-refractivity contribution in [2.75, 3.05) is 12.8 Å². The normalized spacial score (nSPS) is 11.9. The molecule has 1 aromatic heterocycles. The third kappa shape index (κ3) is 4.92. The Hall–Kier alpha value is -4.02. The van der Waals surface area contributed by atoms with Crippen LogP contribution in [0.25, 0.3) is 11.3 Å². The van der Waals surface area contributed by atoms with Crippen molar-refractivity contribution in [3.05, 3.63) is 65.0 Å². The molecule has 0 fully saturated rings. The fourth-order valence-electron chi connectivity index (χ4n) is 3.23. The predicted octanol–water partition coefficient (Wildman–Crippen LogP) is 3.14. The van der Waals surface area contributed by atoms with E-state index in [-0.39, 0.29) is 34.9 Å². The number of amides is 2. The second-order valence-corrected chi connectivity index (χ2v) is 7.22. The molecule has 2 aromatic carbocycles. The molecule has 0 aliphatic heterocycles. The number of alkyl halides is 2. The van der Waals surface area contributed by atoms with Gasteiger partial charge in [0.2, 0.25) is 0 Å². The molecule has 2 amide bonds. The minimum Gasteiger partial charge on any atom is -0.496 e. The van der Waals surface area contributed by atoms with Gasteiger partial charge < -0.3 is 21.5 Å². The number of rotatable bonds is 8. The third-order valence-electron chi connectivity index (χ3n) is 5.03. The summed E-state index contributed by atoms with van der Waals surface area (Å²) in [6, 6.07) is 8.74. The molecule has 8 nitrogen and oxygen atoms in total. The van der Waals surface area contributed by atoms with E-state index >= 15 is 0 Å². The van der Waals surface area contributed by atoms with Gasteiger partial charge in [-0.25, -0.2) is 17.9 Å². The molecule has 3 aromatic rings. The van der Waals surface area contributed by atoms with Crippen LogP contribution in [0.3, 0.4) is 0 Å². The van der Waals surface area contributed by atoms with Gasteiger partial charge in [-0.2, -0.15) is 5.10 Å². The van der Waals surface area contributed by atoms with Gasteiger partial charge in [0.25, 0.3) is 18.2 Å². The molecule has 0 bridgehead atoms. The highest BCUT2D eigenvalue weighted by atomic mass is 19.3. The topological polar surface area (TPSA) is 125 Å². The first kappa shape index (κ1) is 23.6. The minimum atomic E-state index is -2.75. The van der Waals surface area contributed by atoms with E-state index in [1.54, 1.807) is 24.3 Å². The van der Waals surface area contributed by atoms with Gasteiger partial charge in [-0.15, -0.1) is 0 Å². The summed E-state index contributed by atoms with van der Waals surface area (Å²) in [5, 5.41) is 6.75. The number of halogens is 3. The van der Waals surface area contributed by atoms with E-state index in [4.69, 9.17) is 16.2 Å². The molecule has 33 heavy (non-hydrogen) atoms. The Morgan fingerprint density at radius 2 is 1.85 bits per heavy atom. The highest BCUT2D eigenvalue weighted by Crippen LogP contribution is 2.31. The average molecular weight is 461 g/mol. The number of hydrogen-bond acceptors (Lipinski definition) is 5. The van der Waals surface area contributed by atoms with Crippen molar-refractivity contribution in [2.24, 2.45) is 5.73 Å². The SMILES string of the molecule is COc1ccc(F)cc1C(=O)NCc1ccc(-c2nn(C(C)C(F)F)c(N)c2C(N)=O)cc1. The first-order chi connectivity index (χ1) is 15.6. The molecule has 11 heteroatoms. The molecule has 5 N–H and O–H groups in total. The number of methoxy groups -OCH3 is 1. The maximum Gasteiger partial charge on any atom is 0.260 e. The molecule has 1 atom stereocenters. The van der Waals surface area contributed by atoms with Crippen molar-refractivity contribution >= 4 is 17.6 Å². The summed E-state index contributed by atoms with van der Waals surface area (Å²) < 4.78 is 45.7. The summed E-state index contributed by atoms with van der Waals surface area (Å²) in [4.78, 5) is 24.3. The quantitative estimate of drug-likeness (QED) is 0.475. The van der Waals surface area contributed by atoms with E-state index in [0.717, 1.165) is 10.7 Å². The molecule has 0 radical (unpaired) electrons. The number of nitrogens with zero attached hydrogens (tertiary/aromatic N) is 2. The summed E-state index contributed by atoms with van der Waals surface area (Å²) in [7, 11) is 1.37. The lowest BCUT2D eigenvalue weighted by atomic mass is 10.0. The predicted molar refractivity (Wildman–Crippen MR) is 115 cm³/mol. The molecule has 0 saturated heterocycles. The second kappa shape index (κ2) is 9.63. The molecular weight excluding hydrogens is 439 g/mol. The molecule has 0 aliphatic rings. The Balaban J connectivity index is 1.81. The van der Waals surface area contributed by atoms with Crippen LogP contribution in [0.2, 0.25) is 0 Å². The highest BCUT2D eigenvalue weighted by molar-refractivity contribution is 6.03. The fourth-order valence-corrected chi connectivity index (χ4v) is 3.23. The maximum atomic E-state index is 13.5. The fraction of sp³-hybridized carbons (Fsp3) is 0.227. The minimum absolute atomic E-state index is 0.0504. The Kier molecular flexibility index (Phi) is 6.90. The Morgan fingerprint density at radius 1 is 1.18 bits per heavy atom. The first-order valence-corrected chi connectivity index (χ1v) is 9.81. The van der Waals surface area contributed by atoms with Crippen molar-refractivity contribution in [1.82, 2.24) is 15.1 Å². The second-order valence-electron chi connectivity index (χ2n) is 7.22. The van der Waals surface area contributed by atoms with Gasteiger partial charge in [-0.05, 0) is 30.7 Å². The van der Waals surface area contributed by atoms with Gasteiger partial charge in [0, 0.05) is 12.1 Å². The molecule has 1 heterocycles. The summed E-state index contributed by atoms with van der Waals surface area (Å²) in [5.41, 5.74) is 12.3. The zero-order chi connectivity index (χ0) is 24.3. The number of carbonyl (C=O) groups is 2. The van der Waals surface area contributed by atoms with Crippen molar-refractivity contribution < 1.29 is 27.5 Å². The van der Waals surface area contributed by atoms with Gasteiger partial charge >= 0.3 is 0 Å². The highest BCUT2D eigenvalue weighted by Gasteiger charge is 2.27. The summed E-state index contributed by atoms with van der Waals surface area (Å²) in [6.07, 6.45) is -2.75. The van der Waals surface area contributed by atoms with Crippen molar-refractivity contribution in [3.8, 4) is 17.0 Å². The largest absolute Gasteiger partial charge is 0.496 e. The Labute approximate surface area is 187 Å². The van der Waals surface area contributed by atoms with Gasteiger partial charge in [0.1, 0.15) is 34.7 Å². The molecular formula is C22H22F3N5O3. The van der Waals surface area contributed by atoms with Gasteiger partial charge in [0.05, 0.1) is 12.7 Å². The van der Waals surface area contributed by atoms with E-state index in [1.807, 2.05) is 0 Å². The zero-order valence-electron chi connectivity index (χ0n) is 17.8. The van der Waals surface area contributed by atoms with Gasteiger partial charge in [0.15, 0.2) is 0 Å². The molecule has 3 rings (SSSR count). The van der Waals surface area contributed by atoms with Gasteiger partial charge in [-0.3, -0.25) is 9.59 Å². The van der Waals surface area contributed by atoms with Crippen LogP contribution >= 0.6 is 0 Å². The van der Waals surface area contributed by atoms with E-state index in [2.05, 4.69) is 10.4 Å². The summed E-state index contributed by atoms with van der Waals surface area (Å²) in [6.45, 7) is 1.34. The van der Waals surface area contributed by atoms with Crippen LogP contribution in [-0.4, -0.2) is 35.1 Å². The Morgan fingerprint density at radius 3 is 2.42 bits per heavy atom. The molecule has 1 unspecified atom stereocenters.